The van der Waals surface area contributed by atoms with Crippen LogP contribution in [0.3, 0.4) is 0 Å². The molecule has 2 aliphatic rings. The van der Waals surface area contributed by atoms with Crippen molar-refractivity contribution in [2.24, 2.45) is 0 Å². The first-order chi connectivity index (χ1) is 15.2. The number of imidazole rings is 1. The number of benzene rings is 1. The number of carbonyl (C=O) groups excluding carboxylic acids is 1. The third-order valence-electron chi connectivity index (χ3n) is 5.83. The van der Waals surface area contributed by atoms with Gasteiger partial charge in [0.05, 0.1) is 30.8 Å². The molecule has 1 amide bonds. The standard InChI is InChI=1S/C22H27N7O2/c23-18-12-20(25-17-2-1-7-24-13-17)27-29-14-19(26-21(18)29)15-3-5-16(6-4-15)22(30)28-8-10-31-11-9-28/h3-6,12,14,17,24H,1-2,7-11,13,23H2,(H,25,27)/t17-/m0/s1. The quantitative estimate of drug-likeness (QED) is 0.587. The number of anilines is 2. The van der Waals surface area contributed by atoms with Crippen LogP contribution in [0.1, 0.15) is 23.2 Å². The Balaban J connectivity index is 1.36. The summed E-state index contributed by atoms with van der Waals surface area (Å²) < 4.78 is 7.04. The van der Waals surface area contributed by atoms with Crippen LogP contribution in [-0.4, -0.2) is 70.8 Å². The fraction of sp³-hybridized carbons (Fsp3) is 0.409. The molecule has 1 aromatic carbocycles. The Hall–Kier alpha value is -3.17. The number of hydrogen-bond acceptors (Lipinski definition) is 7. The van der Waals surface area contributed by atoms with Gasteiger partial charge in [-0.25, -0.2) is 9.50 Å². The molecular weight excluding hydrogens is 394 g/mol. The summed E-state index contributed by atoms with van der Waals surface area (Å²) in [7, 11) is 0. The third-order valence-corrected chi connectivity index (χ3v) is 5.83. The number of ether oxygens (including phenoxy) is 1. The molecule has 2 fully saturated rings. The SMILES string of the molecule is Nc1cc(N[C@H]2CCCNC2)nn2cc(-c3ccc(C(=O)N4CCOCC4)cc3)nc12. The van der Waals surface area contributed by atoms with Crippen molar-refractivity contribution in [1.29, 1.82) is 0 Å². The maximum absolute atomic E-state index is 12.6. The molecule has 0 aliphatic carbocycles. The average Bonchev–Trinajstić information content (AvgIpc) is 3.25. The van der Waals surface area contributed by atoms with Crippen molar-refractivity contribution in [1.82, 2.24) is 24.8 Å². The van der Waals surface area contributed by atoms with Crippen molar-refractivity contribution < 1.29 is 9.53 Å². The Morgan fingerprint density at radius 3 is 2.77 bits per heavy atom. The van der Waals surface area contributed by atoms with Gasteiger partial charge in [-0.15, -0.1) is 5.10 Å². The minimum Gasteiger partial charge on any atom is -0.396 e. The summed E-state index contributed by atoms with van der Waals surface area (Å²) in [4.78, 5) is 19.1. The molecule has 0 spiro atoms. The average molecular weight is 422 g/mol. The van der Waals surface area contributed by atoms with Crippen molar-refractivity contribution in [2.45, 2.75) is 18.9 Å². The summed E-state index contributed by atoms with van der Waals surface area (Å²) in [5.74, 6) is 0.776. The van der Waals surface area contributed by atoms with Crippen molar-refractivity contribution in [3.8, 4) is 11.3 Å². The minimum atomic E-state index is 0.0312. The molecule has 2 saturated heterocycles. The summed E-state index contributed by atoms with van der Waals surface area (Å²) >= 11 is 0. The number of morpholine rings is 1. The number of nitrogens with one attached hydrogen (secondary N) is 2. The van der Waals surface area contributed by atoms with E-state index in [4.69, 9.17) is 10.5 Å². The Morgan fingerprint density at radius 1 is 1.23 bits per heavy atom. The lowest BCUT2D eigenvalue weighted by atomic mass is 10.1. The smallest absolute Gasteiger partial charge is 0.254 e. The van der Waals surface area contributed by atoms with E-state index in [0.29, 0.717) is 49.2 Å². The first-order valence-corrected chi connectivity index (χ1v) is 10.8. The van der Waals surface area contributed by atoms with Crippen LogP contribution in [0.5, 0.6) is 0 Å². The van der Waals surface area contributed by atoms with E-state index in [0.717, 1.165) is 43.0 Å². The Bertz CT molecular complexity index is 1070. The van der Waals surface area contributed by atoms with Gasteiger partial charge in [-0.2, -0.15) is 0 Å². The van der Waals surface area contributed by atoms with Crippen LogP contribution < -0.4 is 16.4 Å². The van der Waals surface area contributed by atoms with Gasteiger partial charge >= 0.3 is 0 Å². The molecule has 31 heavy (non-hydrogen) atoms. The molecule has 4 heterocycles. The molecule has 0 radical (unpaired) electrons. The zero-order valence-corrected chi connectivity index (χ0v) is 17.4. The van der Waals surface area contributed by atoms with Crippen LogP contribution in [0, 0.1) is 0 Å². The number of amides is 1. The lowest BCUT2D eigenvalue weighted by molar-refractivity contribution is 0.0303. The number of nitrogens with two attached hydrogens (primary N) is 1. The van der Waals surface area contributed by atoms with E-state index in [1.54, 1.807) is 4.52 Å². The zero-order chi connectivity index (χ0) is 21.2. The summed E-state index contributed by atoms with van der Waals surface area (Å²) in [5, 5.41) is 11.5. The van der Waals surface area contributed by atoms with Gasteiger partial charge in [0.25, 0.3) is 5.91 Å². The second kappa shape index (κ2) is 8.52. The molecule has 2 aromatic heterocycles. The van der Waals surface area contributed by atoms with E-state index in [2.05, 4.69) is 20.7 Å². The zero-order valence-electron chi connectivity index (χ0n) is 17.4. The Labute approximate surface area is 180 Å². The van der Waals surface area contributed by atoms with E-state index in [1.165, 1.54) is 0 Å². The molecule has 0 bridgehead atoms. The highest BCUT2D eigenvalue weighted by molar-refractivity contribution is 5.94. The van der Waals surface area contributed by atoms with Gasteiger partial charge in [0, 0.05) is 42.9 Å². The van der Waals surface area contributed by atoms with Crippen LogP contribution in [0.4, 0.5) is 11.5 Å². The predicted molar refractivity (Wildman–Crippen MR) is 119 cm³/mol. The number of piperidine rings is 1. The van der Waals surface area contributed by atoms with Crippen LogP contribution in [0.25, 0.3) is 16.9 Å². The van der Waals surface area contributed by atoms with Crippen LogP contribution in [0.2, 0.25) is 0 Å². The van der Waals surface area contributed by atoms with Gasteiger partial charge in [-0.05, 0) is 31.5 Å². The molecule has 1 atom stereocenters. The normalized spacial score (nSPS) is 19.5. The van der Waals surface area contributed by atoms with Gasteiger partial charge in [0.2, 0.25) is 0 Å². The largest absolute Gasteiger partial charge is 0.396 e. The number of hydrogen-bond donors (Lipinski definition) is 3. The van der Waals surface area contributed by atoms with E-state index in [-0.39, 0.29) is 5.91 Å². The molecule has 4 N–H and O–H groups in total. The molecule has 9 heteroatoms. The maximum Gasteiger partial charge on any atom is 0.254 e. The van der Waals surface area contributed by atoms with Crippen LogP contribution >= 0.6 is 0 Å². The van der Waals surface area contributed by atoms with Crippen molar-refractivity contribution in [3.63, 3.8) is 0 Å². The highest BCUT2D eigenvalue weighted by atomic mass is 16.5. The summed E-state index contributed by atoms with van der Waals surface area (Å²) in [5.41, 5.74) is 9.80. The molecule has 162 valence electrons. The number of nitrogens with zero attached hydrogens (tertiary/aromatic N) is 4. The predicted octanol–water partition coefficient (Wildman–Crippen LogP) is 1.61. The number of aromatic nitrogens is 3. The number of nitrogen functional groups attached to an aromatic ring is 1. The molecular formula is C22H27N7O2. The van der Waals surface area contributed by atoms with E-state index in [1.807, 2.05) is 41.4 Å². The minimum absolute atomic E-state index is 0.0312. The maximum atomic E-state index is 12.6. The lowest BCUT2D eigenvalue weighted by Crippen LogP contribution is -2.40. The van der Waals surface area contributed by atoms with Crippen molar-refractivity contribution >= 4 is 23.1 Å². The van der Waals surface area contributed by atoms with E-state index in [9.17, 15) is 4.79 Å². The van der Waals surface area contributed by atoms with Crippen molar-refractivity contribution in [2.75, 3.05) is 50.4 Å². The Kier molecular flexibility index (Phi) is 5.44. The first kappa shape index (κ1) is 19.8. The van der Waals surface area contributed by atoms with E-state index >= 15 is 0 Å². The number of carbonyl (C=O) groups is 1. The number of rotatable bonds is 4. The second-order valence-corrected chi connectivity index (χ2v) is 8.05. The van der Waals surface area contributed by atoms with Gasteiger partial charge in [0.15, 0.2) is 5.65 Å². The van der Waals surface area contributed by atoms with Crippen LogP contribution in [-0.2, 0) is 4.74 Å². The molecule has 3 aromatic rings. The first-order valence-electron chi connectivity index (χ1n) is 10.8. The topological polar surface area (TPSA) is 110 Å². The molecule has 5 rings (SSSR count). The van der Waals surface area contributed by atoms with Gasteiger partial charge < -0.3 is 26.0 Å². The summed E-state index contributed by atoms with van der Waals surface area (Å²) in [6.07, 6.45) is 4.13. The second-order valence-electron chi connectivity index (χ2n) is 8.05. The highest BCUT2D eigenvalue weighted by Gasteiger charge is 2.19. The third kappa shape index (κ3) is 4.19. The van der Waals surface area contributed by atoms with Gasteiger partial charge in [0.1, 0.15) is 5.82 Å². The van der Waals surface area contributed by atoms with Crippen molar-refractivity contribution in [3.05, 3.63) is 42.1 Å². The van der Waals surface area contributed by atoms with Gasteiger partial charge in [-0.3, -0.25) is 4.79 Å². The van der Waals surface area contributed by atoms with Crippen LogP contribution in [0.15, 0.2) is 36.5 Å². The fourth-order valence-electron chi connectivity index (χ4n) is 4.13. The summed E-state index contributed by atoms with van der Waals surface area (Å²) in [6.45, 7) is 4.43. The fourth-order valence-corrected chi connectivity index (χ4v) is 4.13. The summed E-state index contributed by atoms with van der Waals surface area (Å²) in [6, 6.07) is 9.70. The molecule has 0 saturated carbocycles. The molecule has 9 nitrogen and oxygen atoms in total. The molecule has 0 unspecified atom stereocenters. The monoisotopic (exact) mass is 421 g/mol. The highest BCUT2D eigenvalue weighted by Crippen LogP contribution is 2.24. The Morgan fingerprint density at radius 2 is 2.03 bits per heavy atom. The van der Waals surface area contributed by atoms with Gasteiger partial charge in [-0.1, -0.05) is 12.1 Å². The van der Waals surface area contributed by atoms with E-state index < -0.39 is 0 Å². The lowest BCUT2D eigenvalue weighted by Gasteiger charge is -2.26. The number of fused-ring (bicyclic) bond motifs is 1. The molecule has 2 aliphatic heterocycles.